The molecule has 3 N–H and O–H groups in total. The van der Waals surface area contributed by atoms with Gasteiger partial charge in [-0.25, -0.2) is 9.37 Å². The molecular formula is C10H15FN4O. The molecule has 1 saturated heterocycles. The van der Waals surface area contributed by atoms with Gasteiger partial charge in [0.25, 0.3) is 0 Å². The Morgan fingerprint density at radius 3 is 3.06 bits per heavy atom. The van der Waals surface area contributed by atoms with E-state index in [9.17, 15) is 9.50 Å². The van der Waals surface area contributed by atoms with E-state index in [1.807, 2.05) is 0 Å². The van der Waals surface area contributed by atoms with Crippen molar-refractivity contribution in [3.63, 3.8) is 0 Å². The molecule has 5 nitrogen and oxygen atoms in total. The minimum Gasteiger partial charge on any atom is -0.387 e. The summed E-state index contributed by atoms with van der Waals surface area (Å²) in [4.78, 5) is 9.75. The van der Waals surface area contributed by atoms with Crippen molar-refractivity contribution in [2.24, 2.45) is 0 Å². The molecule has 16 heavy (non-hydrogen) atoms. The smallest absolute Gasteiger partial charge is 0.227 e. The Kier molecular flexibility index (Phi) is 2.67. The summed E-state index contributed by atoms with van der Waals surface area (Å²) in [6.45, 7) is 2.13. The number of nitrogen functional groups attached to an aromatic ring is 1. The van der Waals surface area contributed by atoms with Crippen LogP contribution < -0.4 is 10.6 Å². The van der Waals surface area contributed by atoms with E-state index < -0.39 is 11.8 Å². The van der Waals surface area contributed by atoms with Gasteiger partial charge in [0, 0.05) is 12.7 Å². The number of nitrogens with two attached hydrogens (primary N) is 1. The molecule has 0 aromatic carbocycles. The number of piperidine rings is 1. The van der Waals surface area contributed by atoms with E-state index in [2.05, 4.69) is 9.97 Å². The lowest BCUT2D eigenvalue weighted by Gasteiger charge is -2.38. The van der Waals surface area contributed by atoms with E-state index in [4.69, 9.17) is 5.73 Å². The van der Waals surface area contributed by atoms with Gasteiger partial charge >= 0.3 is 0 Å². The van der Waals surface area contributed by atoms with Crippen LogP contribution in [0.25, 0.3) is 0 Å². The van der Waals surface area contributed by atoms with Crippen LogP contribution in [0.15, 0.2) is 12.3 Å². The Bertz CT molecular complexity index is 385. The quantitative estimate of drug-likeness (QED) is 0.723. The van der Waals surface area contributed by atoms with Crippen LogP contribution in [0.1, 0.15) is 13.3 Å². The molecule has 0 unspecified atom stereocenters. The molecule has 1 fully saturated rings. The summed E-state index contributed by atoms with van der Waals surface area (Å²) in [5.74, 6) is 0.774. The number of rotatable bonds is 1. The van der Waals surface area contributed by atoms with E-state index in [-0.39, 0.29) is 6.54 Å². The van der Waals surface area contributed by atoms with Gasteiger partial charge in [0.1, 0.15) is 12.0 Å². The summed E-state index contributed by atoms with van der Waals surface area (Å²) in [7, 11) is 0. The SMILES string of the molecule is C[C@@]1(O)CCN(c2nccc(N)n2)C[C@@H]1F. The van der Waals surface area contributed by atoms with Gasteiger partial charge in [-0.15, -0.1) is 0 Å². The third kappa shape index (κ3) is 2.06. The maximum Gasteiger partial charge on any atom is 0.227 e. The van der Waals surface area contributed by atoms with Crippen molar-refractivity contribution in [1.29, 1.82) is 0 Å². The van der Waals surface area contributed by atoms with Crippen LogP contribution in [0.2, 0.25) is 0 Å². The first kappa shape index (κ1) is 11.1. The highest BCUT2D eigenvalue weighted by molar-refractivity contribution is 5.38. The number of aromatic nitrogens is 2. The van der Waals surface area contributed by atoms with Crippen LogP contribution in [0.3, 0.4) is 0 Å². The minimum atomic E-state index is -1.30. The average Bonchev–Trinajstić information content (AvgIpc) is 2.22. The highest BCUT2D eigenvalue weighted by atomic mass is 19.1. The highest BCUT2D eigenvalue weighted by Crippen LogP contribution is 2.26. The molecule has 1 aromatic rings. The number of alkyl halides is 1. The first-order valence-corrected chi connectivity index (χ1v) is 5.19. The summed E-state index contributed by atoms with van der Waals surface area (Å²) >= 11 is 0. The summed E-state index contributed by atoms with van der Waals surface area (Å²) in [5.41, 5.74) is 4.28. The molecule has 2 heterocycles. The predicted molar refractivity (Wildman–Crippen MR) is 58.8 cm³/mol. The van der Waals surface area contributed by atoms with Crippen LogP contribution in [0, 0.1) is 0 Å². The van der Waals surface area contributed by atoms with Crippen molar-refractivity contribution >= 4 is 11.8 Å². The van der Waals surface area contributed by atoms with Crippen molar-refractivity contribution < 1.29 is 9.50 Å². The molecule has 0 saturated carbocycles. The average molecular weight is 226 g/mol. The lowest BCUT2D eigenvalue weighted by molar-refractivity contribution is -0.0332. The first-order chi connectivity index (χ1) is 7.49. The lowest BCUT2D eigenvalue weighted by Crippen LogP contribution is -2.52. The molecular weight excluding hydrogens is 211 g/mol. The number of hydrogen-bond acceptors (Lipinski definition) is 5. The van der Waals surface area contributed by atoms with Crippen molar-refractivity contribution in [2.75, 3.05) is 23.7 Å². The Balaban J connectivity index is 2.14. The highest BCUT2D eigenvalue weighted by Gasteiger charge is 2.38. The van der Waals surface area contributed by atoms with Gasteiger partial charge in [-0.2, -0.15) is 4.98 Å². The molecule has 1 aliphatic heterocycles. The van der Waals surface area contributed by atoms with Gasteiger partial charge in [-0.05, 0) is 19.4 Å². The Morgan fingerprint density at radius 1 is 1.69 bits per heavy atom. The fourth-order valence-electron chi connectivity index (χ4n) is 1.70. The molecule has 0 amide bonds. The zero-order chi connectivity index (χ0) is 11.8. The second kappa shape index (κ2) is 3.86. The van der Waals surface area contributed by atoms with Gasteiger partial charge in [-0.1, -0.05) is 0 Å². The Morgan fingerprint density at radius 2 is 2.44 bits per heavy atom. The molecule has 88 valence electrons. The lowest BCUT2D eigenvalue weighted by atomic mass is 9.92. The normalized spacial score (nSPS) is 30.4. The third-order valence-corrected chi connectivity index (χ3v) is 2.89. The summed E-state index contributed by atoms with van der Waals surface area (Å²) in [6, 6.07) is 1.58. The van der Waals surface area contributed by atoms with E-state index in [1.165, 1.54) is 13.1 Å². The largest absolute Gasteiger partial charge is 0.387 e. The zero-order valence-electron chi connectivity index (χ0n) is 9.10. The first-order valence-electron chi connectivity index (χ1n) is 5.19. The van der Waals surface area contributed by atoms with Crippen molar-refractivity contribution in [2.45, 2.75) is 25.1 Å². The number of anilines is 2. The topological polar surface area (TPSA) is 75.3 Å². The van der Waals surface area contributed by atoms with Crippen molar-refractivity contribution in [3.05, 3.63) is 12.3 Å². The molecule has 1 aromatic heterocycles. The number of halogens is 1. The van der Waals surface area contributed by atoms with E-state index >= 15 is 0 Å². The van der Waals surface area contributed by atoms with Crippen LogP contribution in [-0.4, -0.2) is 39.9 Å². The molecule has 0 radical (unpaired) electrons. The zero-order valence-corrected chi connectivity index (χ0v) is 9.10. The molecule has 6 heteroatoms. The van der Waals surface area contributed by atoms with Gasteiger partial charge in [0.2, 0.25) is 5.95 Å². The fraction of sp³-hybridized carbons (Fsp3) is 0.600. The summed E-state index contributed by atoms with van der Waals surface area (Å²) < 4.78 is 13.6. The molecule has 0 bridgehead atoms. The summed E-state index contributed by atoms with van der Waals surface area (Å²) in [6.07, 6.45) is 0.593. The van der Waals surface area contributed by atoms with E-state index in [0.717, 1.165) is 0 Å². The molecule has 2 atom stereocenters. The van der Waals surface area contributed by atoms with Crippen LogP contribution in [-0.2, 0) is 0 Å². The monoisotopic (exact) mass is 226 g/mol. The second-order valence-electron chi connectivity index (χ2n) is 4.30. The Hall–Kier alpha value is -1.43. The molecule has 1 aliphatic rings. The van der Waals surface area contributed by atoms with Crippen molar-refractivity contribution in [1.82, 2.24) is 9.97 Å². The number of hydrogen-bond donors (Lipinski definition) is 2. The van der Waals surface area contributed by atoms with E-state index in [1.54, 1.807) is 11.0 Å². The van der Waals surface area contributed by atoms with Gasteiger partial charge in [0.15, 0.2) is 0 Å². The second-order valence-corrected chi connectivity index (χ2v) is 4.30. The van der Waals surface area contributed by atoms with E-state index in [0.29, 0.717) is 24.7 Å². The van der Waals surface area contributed by atoms with Gasteiger partial charge in [-0.3, -0.25) is 0 Å². The maximum absolute atomic E-state index is 13.6. The standard InChI is InChI=1S/C10H15FN4O/c1-10(16)3-5-15(6-7(10)11)9-13-4-2-8(12)14-9/h2,4,7,16H,3,5-6H2,1H3,(H2,12,13,14)/t7-,10+/m0/s1. The maximum atomic E-state index is 13.6. The van der Waals surface area contributed by atoms with Crippen LogP contribution in [0.4, 0.5) is 16.2 Å². The summed E-state index contributed by atoms with van der Waals surface area (Å²) in [5, 5.41) is 9.70. The van der Waals surface area contributed by atoms with Gasteiger partial charge < -0.3 is 15.7 Å². The van der Waals surface area contributed by atoms with Crippen molar-refractivity contribution in [3.8, 4) is 0 Å². The number of aliphatic hydroxyl groups is 1. The molecule has 0 aliphatic carbocycles. The third-order valence-electron chi connectivity index (χ3n) is 2.89. The van der Waals surface area contributed by atoms with Gasteiger partial charge in [0.05, 0.1) is 12.1 Å². The van der Waals surface area contributed by atoms with Crippen LogP contribution >= 0.6 is 0 Å². The molecule has 0 spiro atoms. The Labute approximate surface area is 93.1 Å². The molecule has 2 rings (SSSR count). The fourth-order valence-corrected chi connectivity index (χ4v) is 1.70. The number of nitrogens with zero attached hydrogens (tertiary/aromatic N) is 3. The minimum absolute atomic E-state index is 0.0937. The van der Waals surface area contributed by atoms with Crippen LogP contribution in [0.5, 0.6) is 0 Å². The predicted octanol–water partition coefficient (Wildman–Crippen LogP) is 0.358.